The van der Waals surface area contributed by atoms with Crippen LogP contribution in [0.1, 0.15) is 39.0 Å². The Kier molecular flexibility index (Phi) is 2.52. The molecule has 2 aliphatic carbocycles. The Balaban J connectivity index is 1.85. The van der Waals surface area contributed by atoms with Gasteiger partial charge in [-0.15, -0.1) is 0 Å². The lowest BCUT2D eigenvalue weighted by Crippen LogP contribution is -2.34. The van der Waals surface area contributed by atoms with Gasteiger partial charge in [0.05, 0.1) is 5.84 Å². The molecule has 2 rings (SSSR count). The molecule has 80 valence electrons. The molecule has 0 aromatic rings. The first-order valence-corrected chi connectivity index (χ1v) is 5.72. The topological polar surface area (TPSA) is 53.1 Å². The Morgan fingerprint density at radius 2 is 2.14 bits per heavy atom. The molecular formula is C11H21N3. The maximum Gasteiger partial charge on any atom is 0.0911 e. The summed E-state index contributed by atoms with van der Waals surface area (Å²) in [5, 5.41) is 7.37. The Hall–Kier alpha value is -0.570. The summed E-state index contributed by atoms with van der Waals surface area (Å²) in [7, 11) is 0. The maximum absolute atomic E-state index is 7.37. The number of hydrogen-bond donors (Lipinski definition) is 2. The van der Waals surface area contributed by atoms with Crippen molar-refractivity contribution in [2.75, 3.05) is 13.1 Å². The van der Waals surface area contributed by atoms with Crippen molar-refractivity contribution in [3.8, 4) is 0 Å². The van der Waals surface area contributed by atoms with Crippen LogP contribution in [0.4, 0.5) is 0 Å². The molecule has 0 radical (unpaired) electrons. The fourth-order valence-electron chi connectivity index (χ4n) is 2.34. The monoisotopic (exact) mass is 195 g/mol. The number of rotatable bonds is 6. The summed E-state index contributed by atoms with van der Waals surface area (Å²) < 4.78 is 0. The summed E-state index contributed by atoms with van der Waals surface area (Å²) in [4.78, 5) is 2.58. The van der Waals surface area contributed by atoms with E-state index in [1.807, 2.05) is 0 Å². The molecule has 0 unspecified atom stereocenters. The number of nitrogens with one attached hydrogen (secondary N) is 1. The van der Waals surface area contributed by atoms with Crippen LogP contribution in [0.2, 0.25) is 0 Å². The lowest BCUT2D eigenvalue weighted by Gasteiger charge is -2.25. The summed E-state index contributed by atoms with van der Waals surface area (Å²) in [6.45, 7) is 4.57. The second-order valence-electron chi connectivity index (χ2n) is 5.00. The quantitative estimate of drug-likeness (QED) is 0.499. The molecule has 0 aliphatic heterocycles. The van der Waals surface area contributed by atoms with Crippen molar-refractivity contribution < 1.29 is 0 Å². The van der Waals surface area contributed by atoms with Gasteiger partial charge in [-0.3, -0.25) is 5.41 Å². The first-order valence-electron chi connectivity index (χ1n) is 5.72. The van der Waals surface area contributed by atoms with E-state index in [1.54, 1.807) is 0 Å². The molecule has 2 saturated carbocycles. The summed E-state index contributed by atoms with van der Waals surface area (Å²) in [6, 6.07) is 0.851. The Morgan fingerprint density at radius 1 is 1.50 bits per heavy atom. The van der Waals surface area contributed by atoms with Crippen molar-refractivity contribution >= 4 is 5.84 Å². The largest absolute Gasteiger partial charge is 0.388 e. The van der Waals surface area contributed by atoms with E-state index in [2.05, 4.69) is 11.8 Å². The van der Waals surface area contributed by atoms with Crippen LogP contribution < -0.4 is 5.73 Å². The zero-order chi connectivity index (χ0) is 10.2. The van der Waals surface area contributed by atoms with Gasteiger partial charge in [-0.05, 0) is 37.6 Å². The molecule has 3 N–H and O–H groups in total. The van der Waals surface area contributed by atoms with Crippen molar-refractivity contribution in [2.45, 2.75) is 45.1 Å². The van der Waals surface area contributed by atoms with Crippen molar-refractivity contribution in [1.29, 1.82) is 5.41 Å². The van der Waals surface area contributed by atoms with E-state index in [-0.39, 0.29) is 0 Å². The van der Waals surface area contributed by atoms with Gasteiger partial charge in [0.1, 0.15) is 0 Å². The third-order valence-corrected chi connectivity index (χ3v) is 3.53. The average molecular weight is 195 g/mol. The zero-order valence-electron chi connectivity index (χ0n) is 9.05. The molecule has 3 nitrogen and oxygen atoms in total. The summed E-state index contributed by atoms with van der Waals surface area (Å²) in [5.74, 6) is 0.370. The highest BCUT2D eigenvalue weighted by atomic mass is 15.2. The van der Waals surface area contributed by atoms with E-state index in [0.717, 1.165) is 19.0 Å². The van der Waals surface area contributed by atoms with Crippen molar-refractivity contribution in [3.63, 3.8) is 0 Å². The molecule has 0 bridgehead atoms. The Morgan fingerprint density at radius 3 is 2.50 bits per heavy atom. The van der Waals surface area contributed by atoms with E-state index in [1.165, 1.54) is 32.2 Å². The molecule has 14 heavy (non-hydrogen) atoms. The minimum atomic E-state index is 0.370. The van der Waals surface area contributed by atoms with Crippen molar-refractivity contribution in [3.05, 3.63) is 0 Å². The SMILES string of the molecule is CCN(CC1(CC(=N)N)CC1)C1CC1. The fraction of sp³-hybridized carbons (Fsp3) is 0.909. The normalized spacial score (nSPS) is 23.9. The highest BCUT2D eigenvalue weighted by Crippen LogP contribution is 2.50. The van der Waals surface area contributed by atoms with Gasteiger partial charge in [-0.2, -0.15) is 0 Å². The standard InChI is InChI=1S/C11H21N3/c1-2-14(9-3-4-9)8-11(5-6-11)7-10(12)13/h9H,2-8H2,1H3,(H3,12,13). The van der Waals surface area contributed by atoms with Crippen LogP contribution >= 0.6 is 0 Å². The molecule has 2 fully saturated rings. The highest BCUT2D eigenvalue weighted by Gasteiger charge is 2.45. The first kappa shape index (κ1) is 9.97. The van der Waals surface area contributed by atoms with Crippen molar-refractivity contribution in [2.24, 2.45) is 11.1 Å². The molecule has 0 spiro atoms. The molecule has 0 atom stereocenters. The predicted octanol–water partition coefficient (Wildman–Crippen LogP) is 1.58. The minimum Gasteiger partial charge on any atom is -0.388 e. The van der Waals surface area contributed by atoms with Crippen LogP contribution in [0.25, 0.3) is 0 Å². The van der Waals surface area contributed by atoms with E-state index >= 15 is 0 Å². The summed E-state index contributed by atoms with van der Waals surface area (Å²) in [6.07, 6.45) is 6.12. The molecule has 0 amide bonds. The van der Waals surface area contributed by atoms with E-state index in [0.29, 0.717) is 11.3 Å². The predicted molar refractivity (Wildman–Crippen MR) is 58.5 cm³/mol. The van der Waals surface area contributed by atoms with Gasteiger partial charge in [0.2, 0.25) is 0 Å². The second kappa shape index (κ2) is 3.54. The van der Waals surface area contributed by atoms with Crippen LogP contribution in [0.15, 0.2) is 0 Å². The van der Waals surface area contributed by atoms with Crippen LogP contribution in [0.5, 0.6) is 0 Å². The van der Waals surface area contributed by atoms with Gasteiger partial charge in [0.25, 0.3) is 0 Å². The lowest BCUT2D eigenvalue weighted by molar-refractivity contribution is 0.223. The Bertz CT molecular complexity index is 229. The molecule has 0 heterocycles. The van der Waals surface area contributed by atoms with Gasteiger partial charge in [0.15, 0.2) is 0 Å². The number of nitrogens with zero attached hydrogens (tertiary/aromatic N) is 1. The molecule has 0 aromatic carbocycles. The second-order valence-corrected chi connectivity index (χ2v) is 5.00. The maximum atomic E-state index is 7.37. The first-order chi connectivity index (χ1) is 6.65. The molecule has 0 aromatic heterocycles. The lowest BCUT2D eigenvalue weighted by atomic mass is 10.0. The van der Waals surface area contributed by atoms with Gasteiger partial charge in [-0.25, -0.2) is 0 Å². The summed E-state index contributed by atoms with van der Waals surface area (Å²) in [5.41, 5.74) is 5.89. The number of amidine groups is 1. The van der Waals surface area contributed by atoms with Gasteiger partial charge in [-0.1, -0.05) is 6.92 Å². The third-order valence-electron chi connectivity index (χ3n) is 3.53. The van der Waals surface area contributed by atoms with E-state index in [4.69, 9.17) is 11.1 Å². The van der Waals surface area contributed by atoms with Crippen LogP contribution in [-0.4, -0.2) is 29.9 Å². The van der Waals surface area contributed by atoms with E-state index < -0.39 is 0 Å². The van der Waals surface area contributed by atoms with Gasteiger partial charge in [0, 0.05) is 19.0 Å². The Labute approximate surface area is 86.2 Å². The third kappa shape index (κ3) is 2.27. The molecule has 2 aliphatic rings. The smallest absolute Gasteiger partial charge is 0.0911 e. The van der Waals surface area contributed by atoms with Crippen molar-refractivity contribution in [1.82, 2.24) is 4.90 Å². The van der Waals surface area contributed by atoms with E-state index in [9.17, 15) is 0 Å². The van der Waals surface area contributed by atoms with Crippen LogP contribution in [-0.2, 0) is 0 Å². The molecule has 3 heteroatoms. The summed E-state index contributed by atoms with van der Waals surface area (Å²) >= 11 is 0. The van der Waals surface area contributed by atoms with Gasteiger partial charge >= 0.3 is 0 Å². The molecular weight excluding hydrogens is 174 g/mol. The minimum absolute atomic E-state index is 0.370. The van der Waals surface area contributed by atoms with Crippen LogP contribution in [0, 0.1) is 10.8 Å². The average Bonchev–Trinajstić information content (AvgIpc) is 2.93. The highest BCUT2D eigenvalue weighted by molar-refractivity contribution is 5.78. The number of nitrogens with two attached hydrogens (primary N) is 1. The van der Waals surface area contributed by atoms with Crippen LogP contribution in [0.3, 0.4) is 0 Å². The number of hydrogen-bond acceptors (Lipinski definition) is 2. The fourth-order valence-corrected chi connectivity index (χ4v) is 2.34. The molecule has 0 saturated heterocycles. The zero-order valence-corrected chi connectivity index (χ0v) is 9.05. The van der Waals surface area contributed by atoms with Gasteiger partial charge < -0.3 is 10.6 Å².